The molecule has 0 fully saturated rings. The van der Waals surface area contributed by atoms with E-state index in [1.165, 1.54) is 70.6 Å². The van der Waals surface area contributed by atoms with E-state index in [1.54, 1.807) is 0 Å². The van der Waals surface area contributed by atoms with E-state index in [-0.39, 0.29) is 68.6 Å². The smallest absolute Gasteiger partial charge is 1.00 e. The van der Waals surface area contributed by atoms with Crippen LogP contribution in [0.25, 0.3) is 0 Å². The summed E-state index contributed by atoms with van der Waals surface area (Å²) in [6.07, 6.45) is 17.1. The van der Waals surface area contributed by atoms with Crippen molar-refractivity contribution in [2.45, 2.75) is 115 Å². The van der Waals surface area contributed by atoms with E-state index in [2.05, 4.69) is 6.92 Å². The molecule has 1 unspecified atom stereocenters. The summed E-state index contributed by atoms with van der Waals surface area (Å²) in [6, 6.07) is 0. The minimum Gasteiger partial charge on any atom is -1.00 e. The van der Waals surface area contributed by atoms with Gasteiger partial charge in [0, 0.05) is 0 Å². The van der Waals surface area contributed by atoms with E-state index in [0.29, 0.717) is 6.42 Å². The minimum atomic E-state index is -4.79. The molecule has 0 amide bonds. The predicted molar refractivity (Wildman–Crippen MR) is 116 cm³/mol. The number of rotatable bonds is 20. The number of hydrogen-bond donors (Lipinski definition) is 2. The number of carboxylic acids is 1. The molecular formula is C21H42Na2O7S. The van der Waals surface area contributed by atoms with Gasteiger partial charge in [0.1, 0.15) is 0 Å². The van der Waals surface area contributed by atoms with Crippen LogP contribution in [0.1, 0.15) is 113 Å². The van der Waals surface area contributed by atoms with Gasteiger partial charge in [0.25, 0.3) is 10.1 Å². The average molecular weight is 485 g/mol. The van der Waals surface area contributed by atoms with Crippen molar-refractivity contribution >= 4 is 22.1 Å². The molecule has 0 aromatic heterocycles. The van der Waals surface area contributed by atoms with Gasteiger partial charge in [0.15, 0.2) is 5.25 Å². The standard InChI is InChI=1S/C21H40O7S.2Na.2H/c1-2-3-4-5-6-7-8-9-10-11-12-13-14-15-16-17-28-21(24)19(18-20(22)23)29(25,26)27;;;;/h19H,2-18H2,1H3,(H,22,23)(H,25,26,27);;;;/q;2*+1;2*-1. The first-order valence-electron chi connectivity index (χ1n) is 11.1. The monoisotopic (exact) mass is 484 g/mol. The summed E-state index contributed by atoms with van der Waals surface area (Å²) in [4.78, 5) is 22.2. The quantitative estimate of drug-likeness (QED) is 0.102. The normalized spacial score (nSPS) is 11.8. The third-order valence-electron chi connectivity index (χ3n) is 4.97. The topological polar surface area (TPSA) is 118 Å². The number of ether oxygens (including phenoxy) is 1. The summed E-state index contributed by atoms with van der Waals surface area (Å²) >= 11 is 0. The van der Waals surface area contributed by atoms with Crippen LogP contribution in [-0.4, -0.2) is 41.9 Å². The summed E-state index contributed by atoms with van der Waals surface area (Å²) in [5.74, 6) is -2.70. The van der Waals surface area contributed by atoms with Gasteiger partial charge >= 0.3 is 71.1 Å². The number of carbonyl (C=O) groups is 2. The molecule has 176 valence electrons. The van der Waals surface area contributed by atoms with Crippen molar-refractivity contribution in [3.8, 4) is 0 Å². The largest absolute Gasteiger partial charge is 1.00 e. The van der Waals surface area contributed by atoms with Crippen molar-refractivity contribution in [2.24, 2.45) is 0 Å². The van der Waals surface area contributed by atoms with Gasteiger partial charge in [-0.05, 0) is 6.42 Å². The molecule has 0 aromatic rings. The number of esters is 1. The second-order valence-electron chi connectivity index (χ2n) is 7.72. The zero-order chi connectivity index (χ0) is 22.0. The fourth-order valence-electron chi connectivity index (χ4n) is 3.21. The van der Waals surface area contributed by atoms with Gasteiger partial charge in [-0.2, -0.15) is 8.42 Å². The van der Waals surface area contributed by atoms with Crippen LogP contribution in [0, 0.1) is 0 Å². The van der Waals surface area contributed by atoms with E-state index in [9.17, 15) is 18.0 Å². The molecule has 7 nitrogen and oxygen atoms in total. The fraction of sp³-hybridized carbons (Fsp3) is 0.905. The number of aliphatic carboxylic acids is 1. The van der Waals surface area contributed by atoms with E-state index < -0.39 is 33.7 Å². The second kappa shape index (κ2) is 24.0. The molecule has 1 atom stereocenters. The Morgan fingerprint density at radius 3 is 1.45 bits per heavy atom. The number of hydrogen-bond acceptors (Lipinski definition) is 5. The third kappa shape index (κ3) is 23.8. The molecule has 0 radical (unpaired) electrons. The molecule has 0 aliphatic heterocycles. The molecule has 0 rings (SSSR count). The fourth-order valence-corrected chi connectivity index (χ4v) is 3.87. The average Bonchev–Trinajstić information content (AvgIpc) is 2.64. The van der Waals surface area contributed by atoms with Gasteiger partial charge in [0.05, 0.1) is 13.0 Å². The molecule has 2 N–H and O–H groups in total. The molecule has 31 heavy (non-hydrogen) atoms. The summed E-state index contributed by atoms with van der Waals surface area (Å²) < 4.78 is 35.9. The van der Waals surface area contributed by atoms with Crippen molar-refractivity contribution in [1.29, 1.82) is 0 Å². The third-order valence-corrected chi connectivity index (χ3v) is 6.05. The Kier molecular flexibility index (Phi) is 28.2. The molecule has 0 bridgehead atoms. The van der Waals surface area contributed by atoms with Crippen molar-refractivity contribution in [1.82, 2.24) is 0 Å². The maximum absolute atomic E-state index is 11.6. The minimum absolute atomic E-state index is 0. The van der Waals surface area contributed by atoms with Gasteiger partial charge in [-0.1, -0.05) is 96.8 Å². The first-order chi connectivity index (χ1) is 13.8. The summed E-state index contributed by atoms with van der Waals surface area (Å²) in [7, 11) is -4.79. The zero-order valence-electron chi connectivity index (χ0n) is 21.9. The zero-order valence-corrected chi connectivity index (χ0v) is 24.8. The van der Waals surface area contributed by atoms with Gasteiger partial charge in [-0.15, -0.1) is 0 Å². The van der Waals surface area contributed by atoms with Gasteiger partial charge in [0.2, 0.25) is 0 Å². The molecule has 0 spiro atoms. The van der Waals surface area contributed by atoms with E-state index in [1.807, 2.05) is 0 Å². The molecule has 10 heteroatoms. The molecule has 0 aliphatic carbocycles. The number of carboxylic acid groups (broad SMARTS) is 1. The van der Waals surface area contributed by atoms with Gasteiger partial charge in [-0.3, -0.25) is 14.1 Å². The van der Waals surface area contributed by atoms with Crippen molar-refractivity contribution in [3.05, 3.63) is 0 Å². The Balaban J connectivity index is -0.000000653. The van der Waals surface area contributed by atoms with Crippen molar-refractivity contribution < 1.29 is 94.4 Å². The van der Waals surface area contributed by atoms with E-state index in [0.717, 1.165) is 19.3 Å². The van der Waals surface area contributed by atoms with Crippen LogP contribution in [0.15, 0.2) is 0 Å². The maximum atomic E-state index is 11.6. The van der Waals surface area contributed by atoms with E-state index in [4.69, 9.17) is 14.4 Å². The molecule has 0 heterocycles. The van der Waals surface area contributed by atoms with Gasteiger partial charge in [-0.25, -0.2) is 0 Å². The van der Waals surface area contributed by atoms with Gasteiger partial charge < -0.3 is 12.7 Å². The van der Waals surface area contributed by atoms with Crippen LogP contribution >= 0.6 is 0 Å². The van der Waals surface area contributed by atoms with Crippen molar-refractivity contribution in [2.75, 3.05) is 6.61 Å². The van der Waals surface area contributed by atoms with Crippen LogP contribution in [0.3, 0.4) is 0 Å². The SMILES string of the molecule is CCCCCCCCCCCCCCCCCOC(=O)C(CC(=O)O)S(=O)(=O)O.[H-].[H-].[Na+].[Na+]. The molecule has 0 aromatic carbocycles. The molecular weight excluding hydrogens is 442 g/mol. The Morgan fingerprint density at radius 2 is 1.13 bits per heavy atom. The maximum Gasteiger partial charge on any atom is 1.00 e. The Morgan fingerprint density at radius 1 is 0.774 bits per heavy atom. The first-order valence-corrected chi connectivity index (χ1v) is 12.6. The summed E-state index contributed by atoms with van der Waals surface area (Å²) in [6.45, 7) is 2.27. The summed E-state index contributed by atoms with van der Waals surface area (Å²) in [5.41, 5.74) is 0. The number of unbranched alkanes of at least 4 members (excludes halogenated alkanes) is 14. The summed E-state index contributed by atoms with van der Waals surface area (Å²) in [5, 5.41) is 6.57. The second-order valence-corrected chi connectivity index (χ2v) is 9.32. The van der Waals surface area contributed by atoms with Crippen LogP contribution in [0.4, 0.5) is 0 Å². The first kappa shape index (κ1) is 36.4. The van der Waals surface area contributed by atoms with Crippen LogP contribution in [-0.2, 0) is 24.4 Å². The Bertz CT molecular complexity index is 553. The van der Waals surface area contributed by atoms with Crippen LogP contribution in [0.2, 0.25) is 0 Å². The predicted octanol–water partition coefficient (Wildman–Crippen LogP) is -0.635. The molecule has 0 saturated heterocycles. The van der Waals surface area contributed by atoms with E-state index >= 15 is 0 Å². The Labute approximate surface area is 236 Å². The van der Waals surface area contributed by atoms with Crippen molar-refractivity contribution in [3.63, 3.8) is 0 Å². The number of carbonyl (C=O) groups excluding carboxylic acids is 1. The Hall–Kier alpha value is 0.850. The van der Waals surface area contributed by atoms with Crippen LogP contribution in [0.5, 0.6) is 0 Å². The molecule has 0 saturated carbocycles. The van der Waals surface area contributed by atoms with Crippen LogP contribution < -0.4 is 59.1 Å². The molecule has 0 aliphatic rings.